The van der Waals surface area contributed by atoms with Crippen molar-refractivity contribution in [3.05, 3.63) is 71.5 Å². The number of halogens is 1. The molecule has 0 saturated heterocycles. The number of nitrogens with zero attached hydrogens (tertiary/aromatic N) is 5. The molecule has 0 radical (unpaired) electrons. The summed E-state index contributed by atoms with van der Waals surface area (Å²) in [6.45, 7) is 2.24. The summed E-state index contributed by atoms with van der Waals surface area (Å²) in [5, 5.41) is 9.28. The van der Waals surface area contributed by atoms with Gasteiger partial charge in [-0.1, -0.05) is 29.8 Å². The summed E-state index contributed by atoms with van der Waals surface area (Å²) in [7, 11) is 4.80. The van der Waals surface area contributed by atoms with Gasteiger partial charge in [0, 0.05) is 19.5 Å². The van der Waals surface area contributed by atoms with Gasteiger partial charge in [0.25, 0.3) is 0 Å². The van der Waals surface area contributed by atoms with Crippen molar-refractivity contribution in [2.75, 3.05) is 32.7 Å². The van der Waals surface area contributed by atoms with Crippen LogP contribution in [0.2, 0.25) is 5.02 Å². The number of anilines is 1. The molecule has 204 valence electrons. The fourth-order valence-corrected chi connectivity index (χ4v) is 5.05. The van der Waals surface area contributed by atoms with Crippen LogP contribution in [0.15, 0.2) is 54.9 Å². The maximum absolute atomic E-state index is 6.28. The normalized spacial score (nSPS) is 15.9. The molecule has 1 aliphatic heterocycles. The average molecular weight is 571 g/mol. The fourth-order valence-electron chi connectivity index (χ4n) is 4.17. The van der Waals surface area contributed by atoms with E-state index in [2.05, 4.69) is 24.9 Å². The van der Waals surface area contributed by atoms with Crippen LogP contribution in [-0.4, -0.2) is 57.9 Å². The monoisotopic (exact) mass is 570 g/mol. The zero-order valence-electron chi connectivity index (χ0n) is 21.7. The number of nitrogens with one attached hydrogen (secondary N) is 1. The number of hydrogen-bond acceptors (Lipinski definition) is 11. The van der Waals surface area contributed by atoms with E-state index in [1.54, 1.807) is 33.7 Å². The second kappa shape index (κ2) is 12.0. The van der Waals surface area contributed by atoms with E-state index in [-0.39, 0.29) is 11.9 Å². The van der Waals surface area contributed by atoms with Crippen LogP contribution < -0.4 is 23.7 Å². The molecule has 1 N–H and O–H groups in total. The third kappa shape index (κ3) is 5.54. The van der Waals surface area contributed by atoms with E-state index in [4.69, 9.17) is 35.3 Å². The van der Waals surface area contributed by atoms with Gasteiger partial charge in [-0.05, 0) is 43.1 Å². The van der Waals surface area contributed by atoms with Crippen molar-refractivity contribution in [1.82, 2.24) is 24.7 Å². The van der Waals surface area contributed by atoms with Crippen molar-refractivity contribution in [3.63, 3.8) is 0 Å². The Kier molecular flexibility index (Phi) is 8.24. The van der Waals surface area contributed by atoms with Crippen LogP contribution in [0.4, 0.5) is 5.95 Å². The molecule has 39 heavy (non-hydrogen) atoms. The quantitative estimate of drug-likeness (QED) is 0.257. The molecule has 0 fully saturated rings. The average Bonchev–Trinajstić information content (AvgIpc) is 3.40. The molecular weight excluding hydrogens is 544 g/mol. The van der Waals surface area contributed by atoms with Gasteiger partial charge in [-0.2, -0.15) is 0 Å². The maximum Gasteiger partial charge on any atom is 0.239 e. The smallest absolute Gasteiger partial charge is 0.239 e. The molecule has 0 spiro atoms. The van der Waals surface area contributed by atoms with E-state index in [1.165, 1.54) is 11.9 Å². The van der Waals surface area contributed by atoms with E-state index >= 15 is 0 Å². The van der Waals surface area contributed by atoms with Gasteiger partial charge >= 0.3 is 0 Å². The third-order valence-corrected chi connectivity index (χ3v) is 7.14. The molecule has 0 bridgehead atoms. The Balaban J connectivity index is 1.50. The fraction of sp³-hybridized carbons (Fsp3) is 0.308. The summed E-state index contributed by atoms with van der Waals surface area (Å²) in [5.74, 6) is 3.89. The zero-order valence-corrected chi connectivity index (χ0v) is 23.3. The summed E-state index contributed by atoms with van der Waals surface area (Å²) in [6.07, 6.45) is 2.13. The summed E-state index contributed by atoms with van der Waals surface area (Å²) < 4.78 is 34.5. The van der Waals surface area contributed by atoms with Gasteiger partial charge in [-0.15, -0.1) is 10.2 Å². The first kappa shape index (κ1) is 26.9. The van der Waals surface area contributed by atoms with Crippen LogP contribution in [-0.2, 0) is 4.74 Å². The van der Waals surface area contributed by atoms with Crippen molar-refractivity contribution < 1.29 is 23.7 Å². The van der Waals surface area contributed by atoms with Gasteiger partial charge in [0.15, 0.2) is 29.3 Å². The largest absolute Gasteiger partial charge is 0.494 e. The van der Waals surface area contributed by atoms with Gasteiger partial charge in [0.05, 0.1) is 24.5 Å². The number of fused-ring (bicyclic) bond motifs is 1. The molecule has 11 nitrogen and oxygen atoms in total. The highest BCUT2D eigenvalue weighted by atomic mass is 35.5. The highest BCUT2D eigenvalue weighted by molar-refractivity contribution is 8.01. The topological polar surface area (TPSA) is 115 Å². The summed E-state index contributed by atoms with van der Waals surface area (Å²) in [5.41, 5.74) is 0.616. The first-order chi connectivity index (χ1) is 19.0. The van der Waals surface area contributed by atoms with Gasteiger partial charge in [-0.25, -0.2) is 9.97 Å². The Morgan fingerprint density at radius 3 is 2.36 bits per heavy atom. The highest BCUT2D eigenvalue weighted by Crippen LogP contribution is 2.41. The zero-order chi connectivity index (χ0) is 27.4. The molecule has 0 saturated carbocycles. The predicted octanol–water partition coefficient (Wildman–Crippen LogP) is 5.08. The highest BCUT2D eigenvalue weighted by Gasteiger charge is 2.32. The van der Waals surface area contributed by atoms with Crippen LogP contribution in [0.25, 0.3) is 5.69 Å². The van der Waals surface area contributed by atoms with Crippen molar-refractivity contribution in [2.24, 2.45) is 0 Å². The molecule has 1 aliphatic rings. The molecule has 5 rings (SSSR count). The number of benzene rings is 2. The van der Waals surface area contributed by atoms with Gasteiger partial charge < -0.3 is 23.7 Å². The third-order valence-electron chi connectivity index (χ3n) is 6.02. The molecule has 0 amide bonds. The molecule has 3 unspecified atom stereocenters. The molecule has 3 atom stereocenters. The number of aromatic nitrogens is 5. The summed E-state index contributed by atoms with van der Waals surface area (Å²) in [6, 6.07) is 13.0. The molecule has 3 heterocycles. The van der Waals surface area contributed by atoms with Crippen LogP contribution >= 0.6 is 23.5 Å². The van der Waals surface area contributed by atoms with Crippen LogP contribution in [0.1, 0.15) is 30.8 Å². The first-order valence-corrected chi connectivity index (χ1v) is 13.3. The van der Waals surface area contributed by atoms with E-state index in [9.17, 15) is 0 Å². The lowest BCUT2D eigenvalue weighted by Gasteiger charge is -2.27. The van der Waals surface area contributed by atoms with Gasteiger partial charge in [-0.3, -0.25) is 9.29 Å². The molecule has 2 aromatic carbocycles. The van der Waals surface area contributed by atoms with Crippen LogP contribution in [0.3, 0.4) is 0 Å². The molecule has 4 aromatic rings. The predicted molar refractivity (Wildman–Crippen MR) is 147 cm³/mol. The van der Waals surface area contributed by atoms with Crippen molar-refractivity contribution in [1.29, 1.82) is 0 Å². The second-order valence-corrected chi connectivity index (χ2v) is 10.1. The lowest BCUT2D eigenvalue weighted by atomic mass is 10.2. The van der Waals surface area contributed by atoms with E-state index in [1.807, 2.05) is 54.0 Å². The van der Waals surface area contributed by atoms with E-state index in [0.717, 1.165) is 0 Å². The molecular formula is C26H27ClN6O5S. The van der Waals surface area contributed by atoms with Crippen molar-refractivity contribution in [3.8, 4) is 28.7 Å². The standard InChI is InChI=1S/C26H27ClN6O5S/c1-15(23(36-4)24-28-12-16(27)13-29-24)39-32-26-31-30-25(21-14-37-17-8-5-6-9-18(17)38-21)33(26)22-19(34-2)10-7-11-20(22)35-3/h5-13,15,21,23H,14H2,1-4H3,(H,31,32). The summed E-state index contributed by atoms with van der Waals surface area (Å²) >= 11 is 7.34. The number of rotatable bonds is 10. The Morgan fingerprint density at radius 1 is 1.00 bits per heavy atom. The molecule has 2 aromatic heterocycles. The number of hydrogen-bond donors (Lipinski definition) is 1. The Morgan fingerprint density at radius 2 is 1.69 bits per heavy atom. The van der Waals surface area contributed by atoms with Crippen molar-refractivity contribution in [2.45, 2.75) is 24.4 Å². The number of para-hydroxylation sites is 3. The first-order valence-electron chi connectivity index (χ1n) is 12.0. The Labute approximate surface area is 234 Å². The van der Waals surface area contributed by atoms with E-state index in [0.29, 0.717) is 51.3 Å². The van der Waals surface area contributed by atoms with Gasteiger partial charge in [0.1, 0.15) is 29.9 Å². The second-order valence-electron chi connectivity index (χ2n) is 8.43. The van der Waals surface area contributed by atoms with Crippen LogP contribution in [0, 0.1) is 0 Å². The lowest BCUT2D eigenvalue weighted by molar-refractivity contribution is 0.0837. The minimum Gasteiger partial charge on any atom is -0.494 e. The van der Waals surface area contributed by atoms with Crippen LogP contribution in [0.5, 0.6) is 23.0 Å². The van der Waals surface area contributed by atoms with Crippen molar-refractivity contribution >= 4 is 29.5 Å². The molecule has 0 aliphatic carbocycles. The Bertz CT molecular complexity index is 1400. The minimum atomic E-state index is -0.547. The minimum absolute atomic E-state index is 0.134. The maximum atomic E-state index is 6.28. The SMILES string of the molecule is COc1cccc(OC)c1-n1c(NSC(C)C(OC)c2ncc(Cl)cn2)nnc1C1COc2ccccc2O1. The molecule has 13 heteroatoms. The lowest BCUT2D eigenvalue weighted by Crippen LogP contribution is -2.25. The van der Waals surface area contributed by atoms with Gasteiger partial charge in [0.2, 0.25) is 5.95 Å². The van der Waals surface area contributed by atoms with E-state index < -0.39 is 12.2 Å². The number of methoxy groups -OCH3 is 3. The number of ether oxygens (including phenoxy) is 5. The Hall–Kier alpha value is -3.74. The summed E-state index contributed by atoms with van der Waals surface area (Å²) in [4.78, 5) is 8.63.